The van der Waals surface area contributed by atoms with Gasteiger partial charge in [-0.25, -0.2) is 13.2 Å². The number of carbonyl (C=O) groups excluding carboxylic acids is 1. The highest BCUT2D eigenvalue weighted by Gasteiger charge is 2.35. The lowest BCUT2D eigenvalue weighted by atomic mass is 10.3. The van der Waals surface area contributed by atoms with E-state index in [1.165, 1.54) is 25.3 Å². The molecular weight excluding hydrogens is 320 g/mol. The molecule has 1 atom stereocenters. The van der Waals surface area contributed by atoms with Crippen molar-refractivity contribution < 1.29 is 22.7 Å². The second-order valence-corrected chi connectivity index (χ2v) is 6.75. The Bertz CT molecular complexity index is 649. The maximum Gasteiger partial charge on any atom is 0.336 e. The molecule has 0 aliphatic carbocycles. The van der Waals surface area contributed by atoms with Gasteiger partial charge in [0.25, 0.3) is 0 Å². The Labute approximate surface area is 127 Å². The van der Waals surface area contributed by atoms with Crippen LogP contribution in [0.2, 0.25) is 5.02 Å². The summed E-state index contributed by atoms with van der Waals surface area (Å²) >= 11 is 5.95. The molecule has 9 heteroatoms. The van der Waals surface area contributed by atoms with Crippen molar-refractivity contribution in [1.82, 2.24) is 4.31 Å². The van der Waals surface area contributed by atoms with Crippen LogP contribution in [-0.4, -0.2) is 51.6 Å². The van der Waals surface area contributed by atoms with Gasteiger partial charge in [0, 0.05) is 12.2 Å². The van der Waals surface area contributed by atoms with Crippen molar-refractivity contribution in [1.29, 1.82) is 0 Å². The zero-order valence-electron chi connectivity index (χ0n) is 11.3. The minimum atomic E-state index is -3.83. The second kappa shape index (κ2) is 6.18. The minimum Gasteiger partial charge on any atom is -0.467 e. The molecule has 1 aromatic rings. The monoisotopic (exact) mass is 334 g/mol. The van der Waals surface area contributed by atoms with Gasteiger partial charge in [-0.3, -0.25) is 0 Å². The van der Waals surface area contributed by atoms with Gasteiger partial charge in [0.15, 0.2) is 6.10 Å². The van der Waals surface area contributed by atoms with Gasteiger partial charge in [-0.15, -0.1) is 0 Å². The Morgan fingerprint density at radius 2 is 2.24 bits per heavy atom. The number of morpholine rings is 1. The largest absolute Gasteiger partial charge is 0.467 e. The zero-order valence-corrected chi connectivity index (χ0v) is 12.9. The third kappa shape index (κ3) is 3.29. The fourth-order valence-corrected chi connectivity index (χ4v) is 3.93. The van der Waals surface area contributed by atoms with Crippen LogP contribution in [0.25, 0.3) is 0 Å². The number of nitrogens with two attached hydrogens (primary N) is 1. The lowest BCUT2D eigenvalue weighted by Crippen LogP contribution is -2.48. The molecule has 1 aromatic carbocycles. The summed E-state index contributed by atoms with van der Waals surface area (Å²) in [6.07, 6.45) is -0.939. The first-order valence-corrected chi connectivity index (χ1v) is 7.92. The molecule has 1 heterocycles. The summed E-state index contributed by atoms with van der Waals surface area (Å²) in [5.41, 5.74) is 5.92. The van der Waals surface area contributed by atoms with Gasteiger partial charge >= 0.3 is 5.97 Å². The van der Waals surface area contributed by atoms with E-state index in [4.69, 9.17) is 22.1 Å². The minimum absolute atomic E-state index is 0.0381. The molecule has 0 amide bonds. The van der Waals surface area contributed by atoms with Crippen molar-refractivity contribution >= 4 is 33.3 Å². The summed E-state index contributed by atoms with van der Waals surface area (Å²) in [5.74, 6) is -0.613. The van der Waals surface area contributed by atoms with Crippen molar-refractivity contribution in [3.8, 4) is 0 Å². The Hall–Kier alpha value is -1.35. The molecule has 1 saturated heterocycles. The predicted octanol–water partition coefficient (Wildman–Crippen LogP) is 0.485. The van der Waals surface area contributed by atoms with Crippen LogP contribution >= 0.6 is 11.6 Å². The Kier molecular flexibility index (Phi) is 4.72. The number of esters is 1. The number of sulfonamides is 1. The van der Waals surface area contributed by atoms with Crippen LogP contribution in [0, 0.1) is 0 Å². The summed E-state index contributed by atoms with van der Waals surface area (Å²) in [4.78, 5) is 11.4. The highest BCUT2D eigenvalue weighted by Crippen LogP contribution is 2.27. The van der Waals surface area contributed by atoms with E-state index in [9.17, 15) is 13.2 Å². The third-order valence-electron chi connectivity index (χ3n) is 3.07. The number of rotatable bonds is 3. The van der Waals surface area contributed by atoms with Crippen molar-refractivity contribution in [2.75, 3.05) is 32.5 Å². The molecule has 0 spiro atoms. The van der Waals surface area contributed by atoms with E-state index in [2.05, 4.69) is 4.74 Å². The number of halogens is 1. The average molecular weight is 335 g/mol. The van der Waals surface area contributed by atoms with E-state index < -0.39 is 22.1 Å². The first-order chi connectivity index (χ1) is 9.86. The second-order valence-electron chi connectivity index (χ2n) is 4.44. The number of ether oxygens (including phenoxy) is 2. The Balaban J connectivity index is 2.28. The van der Waals surface area contributed by atoms with Crippen LogP contribution in [-0.2, 0) is 24.3 Å². The van der Waals surface area contributed by atoms with E-state index in [-0.39, 0.29) is 29.6 Å². The van der Waals surface area contributed by atoms with Crippen LogP contribution in [0.3, 0.4) is 0 Å². The molecule has 1 unspecified atom stereocenters. The van der Waals surface area contributed by atoms with Crippen molar-refractivity contribution in [3.05, 3.63) is 23.2 Å². The molecular formula is C12H15ClN2O5S. The number of hydrogen-bond acceptors (Lipinski definition) is 6. The maximum absolute atomic E-state index is 12.6. The molecule has 2 rings (SSSR count). The molecule has 21 heavy (non-hydrogen) atoms. The standard InChI is InChI=1S/C12H15ClN2O5S/c1-19-12(16)10-7-15(4-5-20-10)21(17,18)11-3-2-8(14)6-9(11)13/h2-3,6,10H,4-5,7,14H2,1H3. The predicted molar refractivity (Wildman–Crippen MR) is 76.4 cm³/mol. The molecule has 0 aromatic heterocycles. The van der Waals surface area contributed by atoms with Crippen LogP contribution in [0.5, 0.6) is 0 Å². The van der Waals surface area contributed by atoms with Crippen LogP contribution in [0.1, 0.15) is 0 Å². The summed E-state index contributed by atoms with van der Waals surface area (Å²) in [6.45, 7) is 0.123. The fourth-order valence-electron chi connectivity index (χ4n) is 1.98. The van der Waals surface area contributed by atoms with E-state index >= 15 is 0 Å². The quantitative estimate of drug-likeness (QED) is 0.638. The van der Waals surface area contributed by atoms with Gasteiger partial charge in [0.2, 0.25) is 10.0 Å². The number of nitrogen functional groups attached to an aromatic ring is 1. The van der Waals surface area contributed by atoms with Gasteiger partial charge in [-0.05, 0) is 18.2 Å². The molecule has 0 radical (unpaired) electrons. The summed E-state index contributed by atoms with van der Waals surface area (Å²) in [5, 5.41) is 0.0381. The Morgan fingerprint density at radius 1 is 1.52 bits per heavy atom. The van der Waals surface area contributed by atoms with Crippen LogP contribution < -0.4 is 5.73 Å². The number of carbonyl (C=O) groups is 1. The lowest BCUT2D eigenvalue weighted by Gasteiger charge is -2.30. The highest BCUT2D eigenvalue weighted by atomic mass is 35.5. The van der Waals surface area contributed by atoms with E-state index in [1.807, 2.05) is 0 Å². The molecule has 0 bridgehead atoms. The molecule has 116 valence electrons. The normalized spacial score (nSPS) is 20.2. The SMILES string of the molecule is COC(=O)C1CN(S(=O)(=O)c2ccc(N)cc2Cl)CCO1. The van der Waals surface area contributed by atoms with Gasteiger partial charge in [0.05, 0.1) is 25.3 Å². The van der Waals surface area contributed by atoms with Crippen LogP contribution in [0.4, 0.5) is 5.69 Å². The third-order valence-corrected chi connectivity index (χ3v) is 5.42. The number of anilines is 1. The van der Waals surface area contributed by atoms with E-state index in [0.717, 1.165) is 4.31 Å². The molecule has 7 nitrogen and oxygen atoms in total. The fraction of sp³-hybridized carbons (Fsp3) is 0.417. The summed E-state index contributed by atoms with van der Waals surface area (Å²) in [7, 11) is -2.61. The molecule has 0 saturated carbocycles. The van der Waals surface area contributed by atoms with Gasteiger partial charge in [0.1, 0.15) is 4.90 Å². The molecule has 1 fully saturated rings. The summed E-state index contributed by atoms with van der Waals surface area (Å²) < 4.78 is 36.1. The van der Waals surface area contributed by atoms with Gasteiger partial charge in [-0.2, -0.15) is 4.31 Å². The number of methoxy groups -OCH3 is 1. The highest BCUT2D eigenvalue weighted by molar-refractivity contribution is 7.89. The smallest absolute Gasteiger partial charge is 0.336 e. The average Bonchev–Trinajstić information content (AvgIpc) is 2.46. The topological polar surface area (TPSA) is 98.9 Å². The first kappa shape index (κ1) is 16.0. The maximum atomic E-state index is 12.6. The van der Waals surface area contributed by atoms with Gasteiger partial charge < -0.3 is 15.2 Å². The van der Waals surface area contributed by atoms with Crippen molar-refractivity contribution in [2.24, 2.45) is 0 Å². The van der Waals surface area contributed by atoms with E-state index in [1.54, 1.807) is 0 Å². The number of nitrogens with zero attached hydrogens (tertiary/aromatic N) is 1. The number of hydrogen-bond donors (Lipinski definition) is 1. The molecule has 1 aliphatic rings. The van der Waals surface area contributed by atoms with Crippen molar-refractivity contribution in [3.63, 3.8) is 0 Å². The van der Waals surface area contributed by atoms with Gasteiger partial charge in [-0.1, -0.05) is 11.6 Å². The van der Waals surface area contributed by atoms with E-state index in [0.29, 0.717) is 5.69 Å². The lowest BCUT2D eigenvalue weighted by molar-refractivity contribution is -0.157. The van der Waals surface area contributed by atoms with Crippen molar-refractivity contribution in [2.45, 2.75) is 11.0 Å². The first-order valence-electron chi connectivity index (χ1n) is 6.11. The number of benzene rings is 1. The summed E-state index contributed by atoms with van der Waals surface area (Å²) in [6, 6.07) is 4.17. The molecule has 1 aliphatic heterocycles. The zero-order chi connectivity index (χ0) is 15.6. The van der Waals surface area contributed by atoms with Crippen LogP contribution in [0.15, 0.2) is 23.1 Å². The Morgan fingerprint density at radius 3 is 2.86 bits per heavy atom. The molecule has 2 N–H and O–H groups in total.